The molecule has 104 valence electrons. The summed E-state index contributed by atoms with van der Waals surface area (Å²) in [6.07, 6.45) is -0.197. The average Bonchev–Trinajstić information content (AvgIpc) is 2.38. The van der Waals surface area contributed by atoms with E-state index in [2.05, 4.69) is 21.2 Å². The lowest BCUT2D eigenvalue weighted by Gasteiger charge is -2.13. The van der Waals surface area contributed by atoms with Gasteiger partial charge < -0.3 is 20.9 Å². The summed E-state index contributed by atoms with van der Waals surface area (Å²) in [7, 11) is 1.49. The van der Waals surface area contributed by atoms with E-state index in [-0.39, 0.29) is 30.5 Å². The second-order valence-electron chi connectivity index (χ2n) is 3.85. The number of benzene rings is 1. The summed E-state index contributed by atoms with van der Waals surface area (Å²) in [4.78, 5) is 22.5. The minimum atomic E-state index is -1.03. The molecule has 0 heterocycles. The van der Waals surface area contributed by atoms with Crippen LogP contribution in [0, 0.1) is 0 Å². The second-order valence-corrected chi connectivity index (χ2v) is 4.70. The Bertz CT molecular complexity index is 475. The molecule has 0 aromatic heterocycles. The number of carbonyl (C=O) groups is 2. The molecule has 19 heavy (non-hydrogen) atoms. The van der Waals surface area contributed by atoms with E-state index in [0.717, 1.165) is 0 Å². The Hall–Kier alpha value is -1.44. The van der Waals surface area contributed by atoms with Gasteiger partial charge in [-0.2, -0.15) is 0 Å². The maximum atomic E-state index is 11.7. The number of rotatable bonds is 6. The van der Waals surface area contributed by atoms with Gasteiger partial charge in [-0.25, -0.2) is 4.79 Å². The lowest BCUT2D eigenvalue weighted by Crippen LogP contribution is -2.28. The molecule has 1 aromatic rings. The summed E-state index contributed by atoms with van der Waals surface area (Å²) in [6.45, 7) is 0.253. The van der Waals surface area contributed by atoms with Crippen molar-refractivity contribution < 1.29 is 19.4 Å². The fourth-order valence-corrected chi connectivity index (χ4v) is 1.90. The van der Waals surface area contributed by atoms with Gasteiger partial charge >= 0.3 is 5.97 Å². The van der Waals surface area contributed by atoms with Gasteiger partial charge in [-0.3, -0.25) is 4.79 Å². The van der Waals surface area contributed by atoms with E-state index in [1.165, 1.54) is 25.3 Å². The predicted octanol–water partition coefficient (Wildman–Crippen LogP) is 1.45. The minimum Gasteiger partial charge on any atom is -0.478 e. The number of amides is 1. The monoisotopic (exact) mass is 330 g/mol. The molecule has 1 amide bonds. The normalized spacial score (nSPS) is 11.9. The highest BCUT2D eigenvalue weighted by Crippen LogP contribution is 2.24. The molecule has 0 aliphatic carbocycles. The van der Waals surface area contributed by atoms with Gasteiger partial charge in [-0.1, -0.05) is 0 Å². The van der Waals surface area contributed by atoms with Crippen molar-refractivity contribution >= 4 is 33.5 Å². The van der Waals surface area contributed by atoms with Gasteiger partial charge in [-0.15, -0.1) is 0 Å². The van der Waals surface area contributed by atoms with Crippen LogP contribution in [0.15, 0.2) is 22.7 Å². The molecule has 0 saturated heterocycles. The van der Waals surface area contributed by atoms with Crippen LogP contribution in [0.3, 0.4) is 0 Å². The quantitative estimate of drug-likeness (QED) is 0.732. The van der Waals surface area contributed by atoms with Gasteiger partial charge in [0.05, 0.1) is 23.8 Å². The zero-order chi connectivity index (χ0) is 14.4. The highest BCUT2D eigenvalue weighted by Gasteiger charge is 2.13. The fourth-order valence-electron chi connectivity index (χ4n) is 1.42. The Balaban J connectivity index is 2.72. The van der Waals surface area contributed by atoms with Crippen molar-refractivity contribution in [3.63, 3.8) is 0 Å². The molecule has 4 N–H and O–H groups in total. The first-order chi connectivity index (χ1) is 8.97. The van der Waals surface area contributed by atoms with Crippen LogP contribution >= 0.6 is 15.9 Å². The number of carbonyl (C=O) groups excluding carboxylic acids is 1. The first-order valence-electron chi connectivity index (χ1n) is 5.53. The predicted molar refractivity (Wildman–Crippen MR) is 74.2 cm³/mol. The Morgan fingerprint density at radius 2 is 2.21 bits per heavy atom. The van der Waals surface area contributed by atoms with Crippen LogP contribution in [-0.2, 0) is 9.53 Å². The van der Waals surface area contributed by atoms with Crippen molar-refractivity contribution in [1.82, 2.24) is 0 Å². The third-order valence-corrected chi connectivity index (χ3v) is 3.16. The molecule has 0 spiro atoms. The fraction of sp³-hybridized carbons (Fsp3) is 0.333. The highest BCUT2D eigenvalue weighted by molar-refractivity contribution is 9.10. The van der Waals surface area contributed by atoms with Crippen LogP contribution in [0.25, 0.3) is 0 Å². The molecule has 1 unspecified atom stereocenters. The number of carboxylic acids is 1. The van der Waals surface area contributed by atoms with Gasteiger partial charge in [-0.05, 0) is 34.1 Å². The average molecular weight is 331 g/mol. The number of hydrogen-bond acceptors (Lipinski definition) is 4. The zero-order valence-electron chi connectivity index (χ0n) is 10.4. The summed E-state index contributed by atoms with van der Waals surface area (Å²) < 4.78 is 5.52. The van der Waals surface area contributed by atoms with E-state index < -0.39 is 5.97 Å². The number of aromatic carboxylic acids is 1. The van der Waals surface area contributed by atoms with Gasteiger partial charge in [0.15, 0.2) is 0 Å². The highest BCUT2D eigenvalue weighted by atomic mass is 79.9. The van der Waals surface area contributed by atoms with E-state index in [0.29, 0.717) is 10.2 Å². The van der Waals surface area contributed by atoms with E-state index in [1.54, 1.807) is 0 Å². The molecule has 6 nitrogen and oxygen atoms in total. The van der Waals surface area contributed by atoms with Gasteiger partial charge in [0.1, 0.15) is 0 Å². The Kier molecular flexibility index (Phi) is 5.94. The van der Waals surface area contributed by atoms with Gasteiger partial charge in [0.2, 0.25) is 5.91 Å². The maximum absolute atomic E-state index is 11.7. The molecule has 0 fully saturated rings. The van der Waals surface area contributed by atoms with Crippen molar-refractivity contribution in [3.8, 4) is 0 Å². The van der Waals surface area contributed by atoms with Gasteiger partial charge in [0.25, 0.3) is 0 Å². The Morgan fingerprint density at radius 1 is 1.53 bits per heavy atom. The largest absolute Gasteiger partial charge is 0.478 e. The first-order valence-corrected chi connectivity index (χ1v) is 6.32. The van der Waals surface area contributed by atoms with E-state index in [9.17, 15) is 9.59 Å². The summed E-state index contributed by atoms with van der Waals surface area (Å²) in [5.41, 5.74) is 6.07. The standard InChI is InChI=1S/C12H15BrN2O4/c1-19-8(6-14)5-11(16)15-10-3-2-7(12(17)18)4-9(10)13/h2-4,8H,5-6,14H2,1H3,(H,15,16)(H,17,18). The molecule has 1 rings (SSSR count). The summed E-state index contributed by atoms with van der Waals surface area (Å²) in [6, 6.07) is 4.36. The van der Waals surface area contributed by atoms with Crippen LogP contribution in [0.4, 0.5) is 5.69 Å². The van der Waals surface area contributed by atoms with Crippen molar-refractivity contribution in [2.45, 2.75) is 12.5 Å². The zero-order valence-corrected chi connectivity index (χ0v) is 11.9. The lowest BCUT2D eigenvalue weighted by atomic mass is 10.2. The van der Waals surface area contributed by atoms with Crippen LogP contribution in [0.1, 0.15) is 16.8 Å². The van der Waals surface area contributed by atoms with Crippen LogP contribution in [-0.4, -0.2) is 36.7 Å². The number of carboxylic acid groups (broad SMARTS) is 1. The molecule has 0 radical (unpaired) electrons. The van der Waals surface area contributed by atoms with Crippen molar-refractivity contribution in [2.75, 3.05) is 19.0 Å². The first kappa shape index (κ1) is 15.6. The summed E-state index contributed by atoms with van der Waals surface area (Å²) in [5, 5.41) is 11.5. The number of halogens is 1. The lowest BCUT2D eigenvalue weighted by molar-refractivity contribution is -0.118. The number of nitrogens with two attached hydrogens (primary N) is 1. The third-order valence-electron chi connectivity index (χ3n) is 2.50. The van der Waals surface area contributed by atoms with Crippen molar-refractivity contribution in [3.05, 3.63) is 28.2 Å². The number of methoxy groups -OCH3 is 1. The Labute approximate surface area is 119 Å². The summed E-state index contributed by atoms with van der Waals surface area (Å²) in [5.74, 6) is -1.28. The van der Waals surface area contributed by atoms with Gasteiger partial charge in [0, 0.05) is 18.1 Å². The van der Waals surface area contributed by atoms with Crippen molar-refractivity contribution in [2.24, 2.45) is 5.73 Å². The second kappa shape index (κ2) is 7.22. The van der Waals surface area contributed by atoms with Crippen LogP contribution in [0.5, 0.6) is 0 Å². The Morgan fingerprint density at radius 3 is 2.68 bits per heavy atom. The molecule has 0 bridgehead atoms. The smallest absolute Gasteiger partial charge is 0.335 e. The number of nitrogens with one attached hydrogen (secondary N) is 1. The molecule has 1 aromatic carbocycles. The molecule has 1 atom stereocenters. The topological polar surface area (TPSA) is 102 Å². The van der Waals surface area contributed by atoms with Crippen LogP contribution < -0.4 is 11.1 Å². The number of hydrogen-bond donors (Lipinski definition) is 3. The minimum absolute atomic E-state index is 0.139. The maximum Gasteiger partial charge on any atom is 0.335 e. The van der Waals surface area contributed by atoms with Crippen molar-refractivity contribution in [1.29, 1.82) is 0 Å². The number of anilines is 1. The molecule has 0 saturated carbocycles. The third kappa shape index (κ3) is 4.62. The van der Waals surface area contributed by atoms with E-state index >= 15 is 0 Å². The van der Waals surface area contributed by atoms with Crippen LogP contribution in [0.2, 0.25) is 0 Å². The number of ether oxygens (including phenoxy) is 1. The molecule has 0 aliphatic heterocycles. The molecular formula is C12H15BrN2O4. The molecule has 7 heteroatoms. The molecule has 0 aliphatic rings. The summed E-state index contributed by atoms with van der Waals surface area (Å²) >= 11 is 3.21. The SMILES string of the molecule is COC(CN)CC(=O)Nc1ccc(C(=O)O)cc1Br. The molecular weight excluding hydrogens is 316 g/mol. The van der Waals surface area contributed by atoms with E-state index in [1.807, 2.05) is 0 Å². The van der Waals surface area contributed by atoms with E-state index in [4.69, 9.17) is 15.6 Å².